The van der Waals surface area contributed by atoms with Crippen LogP contribution in [0.25, 0.3) is 0 Å². The molecule has 0 saturated heterocycles. The molecule has 0 spiro atoms. The van der Waals surface area contributed by atoms with Crippen LogP contribution in [-0.4, -0.2) is 37.6 Å². The van der Waals surface area contributed by atoms with E-state index < -0.39 is 0 Å². The van der Waals surface area contributed by atoms with Gasteiger partial charge in [0.15, 0.2) is 0 Å². The highest BCUT2D eigenvalue weighted by Gasteiger charge is 2.15. The zero-order valence-corrected chi connectivity index (χ0v) is 12.2. The Hall–Kier alpha value is -0.0800. The number of hydrogen-bond acceptors (Lipinski definition) is 2. The summed E-state index contributed by atoms with van der Waals surface area (Å²) >= 11 is 0. The lowest BCUT2D eigenvalue weighted by Crippen LogP contribution is -2.44. The number of likely N-dealkylation sites (N-methyl/N-ethyl adjacent to an activating group) is 1. The van der Waals surface area contributed by atoms with Gasteiger partial charge in [0.1, 0.15) is 0 Å². The summed E-state index contributed by atoms with van der Waals surface area (Å²) in [7, 11) is 4.32. The fourth-order valence-corrected chi connectivity index (χ4v) is 2.29. The quantitative estimate of drug-likeness (QED) is 0.652. The van der Waals surface area contributed by atoms with Gasteiger partial charge in [-0.25, -0.2) is 0 Å². The Balaban J connectivity index is 4.15. The summed E-state index contributed by atoms with van der Waals surface area (Å²) in [5.74, 6) is 0.775. The predicted molar refractivity (Wildman–Crippen MR) is 73.9 cm³/mol. The van der Waals surface area contributed by atoms with E-state index in [2.05, 4.69) is 52.0 Å². The largest absolute Gasteiger partial charge is 0.310 e. The van der Waals surface area contributed by atoms with E-state index in [0.29, 0.717) is 12.1 Å². The van der Waals surface area contributed by atoms with Crippen molar-refractivity contribution < 1.29 is 0 Å². The molecule has 16 heavy (non-hydrogen) atoms. The SMILES string of the molecule is CCCC(CC)NC(CC(C)C)CN(C)C. The van der Waals surface area contributed by atoms with Crippen LogP contribution >= 0.6 is 0 Å². The Morgan fingerprint density at radius 3 is 2.06 bits per heavy atom. The maximum Gasteiger partial charge on any atom is 0.0199 e. The molecule has 98 valence electrons. The molecule has 0 aromatic heterocycles. The molecule has 0 aromatic rings. The Labute approximate surface area is 103 Å². The summed E-state index contributed by atoms with van der Waals surface area (Å²) in [5.41, 5.74) is 0. The number of rotatable bonds is 9. The minimum Gasteiger partial charge on any atom is -0.310 e. The standard InChI is InChI=1S/C14H32N2/c1-7-9-13(8-2)15-14(10-12(3)4)11-16(5)6/h12-15H,7-11H2,1-6H3. The van der Waals surface area contributed by atoms with Gasteiger partial charge in [-0.05, 0) is 39.3 Å². The van der Waals surface area contributed by atoms with Crippen molar-refractivity contribution in [2.24, 2.45) is 5.92 Å². The van der Waals surface area contributed by atoms with Gasteiger partial charge in [-0.2, -0.15) is 0 Å². The van der Waals surface area contributed by atoms with Crippen molar-refractivity contribution in [1.29, 1.82) is 0 Å². The van der Waals surface area contributed by atoms with Gasteiger partial charge in [-0.1, -0.05) is 34.1 Å². The van der Waals surface area contributed by atoms with E-state index >= 15 is 0 Å². The Kier molecular flexibility index (Phi) is 8.96. The van der Waals surface area contributed by atoms with Crippen LogP contribution < -0.4 is 5.32 Å². The Morgan fingerprint density at radius 1 is 1.06 bits per heavy atom. The predicted octanol–water partition coefficient (Wildman–Crippen LogP) is 3.13. The highest BCUT2D eigenvalue weighted by molar-refractivity contribution is 4.76. The zero-order chi connectivity index (χ0) is 12.6. The fraction of sp³-hybridized carbons (Fsp3) is 1.00. The minimum absolute atomic E-state index is 0.645. The van der Waals surface area contributed by atoms with Crippen LogP contribution in [0.5, 0.6) is 0 Å². The van der Waals surface area contributed by atoms with Crippen molar-refractivity contribution >= 4 is 0 Å². The number of nitrogens with one attached hydrogen (secondary N) is 1. The van der Waals surface area contributed by atoms with Crippen molar-refractivity contribution in [3.05, 3.63) is 0 Å². The summed E-state index contributed by atoms with van der Waals surface area (Å²) in [6.45, 7) is 10.3. The molecule has 0 aliphatic heterocycles. The lowest BCUT2D eigenvalue weighted by molar-refractivity contribution is 0.277. The molecule has 0 saturated carbocycles. The van der Waals surface area contributed by atoms with E-state index in [1.54, 1.807) is 0 Å². The second kappa shape index (κ2) is 9.00. The normalized spacial score (nSPS) is 15.8. The molecular weight excluding hydrogens is 196 g/mol. The van der Waals surface area contributed by atoms with Crippen molar-refractivity contribution in [1.82, 2.24) is 10.2 Å². The van der Waals surface area contributed by atoms with Crippen molar-refractivity contribution in [2.45, 2.75) is 65.5 Å². The molecular formula is C14H32N2. The summed E-state index contributed by atoms with van der Waals surface area (Å²) < 4.78 is 0. The lowest BCUT2D eigenvalue weighted by Gasteiger charge is -2.28. The molecule has 2 unspecified atom stereocenters. The van der Waals surface area contributed by atoms with Crippen LogP contribution in [0.4, 0.5) is 0 Å². The van der Waals surface area contributed by atoms with Crippen LogP contribution in [0.2, 0.25) is 0 Å². The molecule has 0 aromatic carbocycles. The second-order valence-corrected chi connectivity index (χ2v) is 5.65. The highest BCUT2D eigenvalue weighted by Crippen LogP contribution is 2.09. The maximum atomic E-state index is 3.83. The average molecular weight is 228 g/mol. The average Bonchev–Trinajstić information content (AvgIpc) is 2.14. The molecule has 0 heterocycles. The van der Waals surface area contributed by atoms with Crippen LogP contribution in [0.1, 0.15) is 53.4 Å². The number of hydrogen-bond donors (Lipinski definition) is 1. The van der Waals surface area contributed by atoms with E-state index in [1.807, 2.05) is 0 Å². The summed E-state index contributed by atoms with van der Waals surface area (Å²) in [5, 5.41) is 3.83. The molecule has 0 aliphatic carbocycles. The molecule has 2 nitrogen and oxygen atoms in total. The first-order valence-electron chi connectivity index (χ1n) is 6.90. The van der Waals surface area contributed by atoms with Gasteiger partial charge in [-0.3, -0.25) is 0 Å². The topological polar surface area (TPSA) is 15.3 Å². The first kappa shape index (κ1) is 15.9. The summed E-state index contributed by atoms with van der Waals surface area (Å²) in [6.07, 6.45) is 5.11. The van der Waals surface area contributed by atoms with E-state index in [1.165, 1.54) is 25.7 Å². The van der Waals surface area contributed by atoms with Crippen LogP contribution in [-0.2, 0) is 0 Å². The number of nitrogens with zero attached hydrogens (tertiary/aromatic N) is 1. The summed E-state index contributed by atoms with van der Waals surface area (Å²) in [4.78, 5) is 2.29. The second-order valence-electron chi connectivity index (χ2n) is 5.65. The van der Waals surface area contributed by atoms with E-state index in [9.17, 15) is 0 Å². The van der Waals surface area contributed by atoms with Crippen LogP contribution in [0.3, 0.4) is 0 Å². The molecule has 2 heteroatoms. The minimum atomic E-state index is 0.645. The molecule has 0 radical (unpaired) electrons. The Bertz CT molecular complexity index is 145. The molecule has 0 fully saturated rings. The van der Waals surface area contributed by atoms with E-state index in [-0.39, 0.29) is 0 Å². The van der Waals surface area contributed by atoms with Gasteiger partial charge in [-0.15, -0.1) is 0 Å². The van der Waals surface area contributed by atoms with E-state index in [4.69, 9.17) is 0 Å². The fourth-order valence-electron chi connectivity index (χ4n) is 2.29. The zero-order valence-electron chi connectivity index (χ0n) is 12.2. The van der Waals surface area contributed by atoms with Gasteiger partial charge >= 0.3 is 0 Å². The smallest absolute Gasteiger partial charge is 0.0199 e. The molecule has 0 bridgehead atoms. The molecule has 0 amide bonds. The Morgan fingerprint density at radius 2 is 1.69 bits per heavy atom. The third-order valence-corrected chi connectivity index (χ3v) is 2.94. The molecule has 2 atom stereocenters. The maximum absolute atomic E-state index is 3.83. The first-order valence-corrected chi connectivity index (χ1v) is 6.90. The van der Waals surface area contributed by atoms with Crippen LogP contribution in [0.15, 0.2) is 0 Å². The van der Waals surface area contributed by atoms with Gasteiger partial charge in [0.05, 0.1) is 0 Å². The van der Waals surface area contributed by atoms with Crippen molar-refractivity contribution in [3.63, 3.8) is 0 Å². The lowest BCUT2D eigenvalue weighted by atomic mass is 10.0. The molecule has 0 rings (SSSR count). The third kappa shape index (κ3) is 8.12. The van der Waals surface area contributed by atoms with Gasteiger partial charge in [0.2, 0.25) is 0 Å². The van der Waals surface area contributed by atoms with Crippen molar-refractivity contribution in [3.8, 4) is 0 Å². The highest BCUT2D eigenvalue weighted by atomic mass is 15.1. The monoisotopic (exact) mass is 228 g/mol. The van der Waals surface area contributed by atoms with Gasteiger partial charge in [0, 0.05) is 18.6 Å². The third-order valence-electron chi connectivity index (χ3n) is 2.94. The van der Waals surface area contributed by atoms with Crippen LogP contribution in [0, 0.1) is 5.92 Å². The first-order chi connectivity index (χ1) is 7.49. The van der Waals surface area contributed by atoms with Crippen molar-refractivity contribution in [2.75, 3.05) is 20.6 Å². The molecule has 0 aliphatic rings. The summed E-state index contributed by atoms with van der Waals surface area (Å²) in [6, 6.07) is 1.35. The van der Waals surface area contributed by atoms with Gasteiger partial charge in [0.25, 0.3) is 0 Å². The molecule has 1 N–H and O–H groups in total. The van der Waals surface area contributed by atoms with Gasteiger partial charge < -0.3 is 10.2 Å². The van der Waals surface area contributed by atoms with E-state index in [0.717, 1.165) is 12.5 Å².